The zero-order valence-corrected chi connectivity index (χ0v) is 14.2. The van der Waals surface area contributed by atoms with Gasteiger partial charge in [0.1, 0.15) is 12.3 Å². The van der Waals surface area contributed by atoms with Gasteiger partial charge in [0, 0.05) is 18.2 Å². The first-order chi connectivity index (χ1) is 12.0. The van der Waals surface area contributed by atoms with Crippen molar-refractivity contribution in [3.63, 3.8) is 0 Å². The Kier molecular flexibility index (Phi) is 2.66. The third kappa shape index (κ3) is 1.61. The molecule has 2 saturated carbocycles. The van der Waals surface area contributed by atoms with Gasteiger partial charge in [-0.3, -0.25) is 4.90 Å². The summed E-state index contributed by atoms with van der Waals surface area (Å²) in [6.45, 7) is 1.93. The number of ether oxygens (including phenoxy) is 1. The van der Waals surface area contributed by atoms with E-state index in [9.17, 15) is 14.6 Å². The van der Waals surface area contributed by atoms with Gasteiger partial charge in [-0.25, -0.2) is 4.39 Å². The molecule has 3 aliphatic carbocycles. The lowest BCUT2D eigenvalue weighted by Crippen LogP contribution is -2.76. The van der Waals surface area contributed by atoms with E-state index in [2.05, 4.69) is 4.90 Å². The van der Waals surface area contributed by atoms with Crippen molar-refractivity contribution in [1.29, 1.82) is 0 Å². The molecule has 1 aromatic rings. The first kappa shape index (κ1) is 14.8. The fourth-order valence-electron chi connectivity index (χ4n) is 6.42. The van der Waals surface area contributed by atoms with E-state index in [0.717, 1.165) is 36.6 Å². The van der Waals surface area contributed by atoms with Crippen molar-refractivity contribution in [3.8, 4) is 11.5 Å². The van der Waals surface area contributed by atoms with Gasteiger partial charge in [0.05, 0.1) is 11.0 Å². The lowest BCUT2D eigenvalue weighted by molar-refractivity contribution is -0.199. The van der Waals surface area contributed by atoms with Gasteiger partial charge in [0.15, 0.2) is 11.5 Å². The fourth-order valence-corrected chi connectivity index (χ4v) is 6.42. The van der Waals surface area contributed by atoms with E-state index in [0.29, 0.717) is 25.0 Å². The number of nitrogens with zero attached hydrogens (tertiary/aromatic N) is 1. The summed E-state index contributed by atoms with van der Waals surface area (Å²) in [5.41, 5.74) is 0.375. The van der Waals surface area contributed by atoms with E-state index in [1.807, 2.05) is 6.07 Å². The van der Waals surface area contributed by atoms with Crippen LogP contribution in [0.3, 0.4) is 0 Å². The summed E-state index contributed by atoms with van der Waals surface area (Å²) in [6, 6.07) is 3.65. The minimum absolute atomic E-state index is 0.0310. The molecule has 0 amide bonds. The highest BCUT2D eigenvalue weighted by Gasteiger charge is 2.73. The number of hydrogen-bond donors (Lipinski definition) is 2. The molecule has 1 spiro atoms. The number of hydrogen-bond acceptors (Lipinski definition) is 4. The van der Waals surface area contributed by atoms with E-state index in [4.69, 9.17) is 4.74 Å². The Balaban J connectivity index is 1.57. The molecule has 134 valence electrons. The van der Waals surface area contributed by atoms with Gasteiger partial charge in [0.25, 0.3) is 0 Å². The highest BCUT2D eigenvalue weighted by molar-refractivity contribution is 5.62. The van der Waals surface area contributed by atoms with Crippen molar-refractivity contribution in [2.75, 3.05) is 13.1 Å². The second kappa shape index (κ2) is 4.49. The Labute approximate surface area is 146 Å². The molecule has 1 saturated heterocycles. The minimum atomic E-state index is -1.09. The lowest BCUT2D eigenvalue weighted by Gasteiger charge is -2.63. The highest BCUT2D eigenvalue weighted by Crippen LogP contribution is 2.65. The van der Waals surface area contributed by atoms with Crippen molar-refractivity contribution in [3.05, 3.63) is 23.3 Å². The maximum Gasteiger partial charge on any atom is 0.165 e. The first-order valence-electron chi connectivity index (χ1n) is 9.67. The Morgan fingerprint density at radius 2 is 2.08 bits per heavy atom. The summed E-state index contributed by atoms with van der Waals surface area (Å²) >= 11 is 0. The molecule has 25 heavy (non-hydrogen) atoms. The topological polar surface area (TPSA) is 52.9 Å². The zero-order chi connectivity index (χ0) is 17.0. The Bertz CT molecular complexity index is 766. The number of alkyl halides is 1. The van der Waals surface area contributed by atoms with E-state index in [1.54, 1.807) is 6.07 Å². The van der Waals surface area contributed by atoms with E-state index < -0.39 is 23.3 Å². The number of phenols is 1. The second-order valence-corrected chi connectivity index (χ2v) is 8.84. The summed E-state index contributed by atoms with van der Waals surface area (Å²) in [5.74, 6) is 1.28. The predicted molar refractivity (Wildman–Crippen MR) is 89.7 cm³/mol. The minimum Gasteiger partial charge on any atom is -0.504 e. The highest BCUT2D eigenvalue weighted by atomic mass is 19.1. The van der Waals surface area contributed by atoms with Crippen LogP contribution in [0.5, 0.6) is 11.5 Å². The Morgan fingerprint density at radius 3 is 2.88 bits per heavy atom. The molecule has 4 nitrogen and oxygen atoms in total. The summed E-state index contributed by atoms with van der Waals surface area (Å²) in [7, 11) is 0. The molecule has 2 N–H and O–H groups in total. The zero-order valence-electron chi connectivity index (χ0n) is 14.2. The van der Waals surface area contributed by atoms with Gasteiger partial charge in [-0.15, -0.1) is 0 Å². The van der Waals surface area contributed by atoms with Crippen LogP contribution in [-0.4, -0.2) is 52.1 Å². The van der Waals surface area contributed by atoms with Crippen LogP contribution in [0.2, 0.25) is 0 Å². The van der Waals surface area contributed by atoms with Gasteiger partial charge in [0.2, 0.25) is 0 Å². The van der Waals surface area contributed by atoms with Crippen molar-refractivity contribution < 1.29 is 19.3 Å². The summed E-state index contributed by atoms with van der Waals surface area (Å²) in [6.07, 6.45) is 3.11. The van der Waals surface area contributed by atoms with Gasteiger partial charge in [-0.2, -0.15) is 0 Å². The van der Waals surface area contributed by atoms with Crippen LogP contribution in [0.25, 0.3) is 0 Å². The van der Waals surface area contributed by atoms with Crippen LogP contribution in [0.15, 0.2) is 12.1 Å². The fraction of sp³-hybridized carbons (Fsp3) is 0.700. The Morgan fingerprint density at radius 1 is 1.24 bits per heavy atom. The van der Waals surface area contributed by atoms with Crippen LogP contribution in [0.1, 0.15) is 43.2 Å². The first-order valence-corrected chi connectivity index (χ1v) is 9.67. The quantitative estimate of drug-likeness (QED) is 0.864. The van der Waals surface area contributed by atoms with Crippen LogP contribution >= 0.6 is 0 Å². The number of halogens is 1. The molecule has 5 aliphatic rings. The van der Waals surface area contributed by atoms with E-state index in [-0.39, 0.29) is 11.8 Å². The molecule has 5 atom stereocenters. The lowest BCUT2D eigenvalue weighted by atomic mass is 9.49. The smallest absolute Gasteiger partial charge is 0.165 e. The van der Waals surface area contributed by atoms with Gasteiger partial charge < -0.3 is 14.9 Å². The summed E-state index contributed by atoms with van der Waals surface area (Å²) < 4.78 is 20.9. The maximum absolute atomic E-state index is 14.9. The number of aliphatic hydroxyl groups is 1. The second-order valence-electron chi connectivity index (χ2n) is 8.84. The third-order valence-electron chi connectivity index (χ3n) is 7.69. The van der Waals surface area contributed by atoms with Crippen molar-refractivity contribution in [2.45, 2.75) is 67.9 Å². The molecular formula is C20H24FNO3. The largest absolute Gasteiger partial charge is 0.504 e. The van der Waals surface area contributed by atoms with E-state index in [1.165, 1.54) is 12.8 Å². The number of likely N-dealkylation sites (tertiary alicyclic amines) is 1. The average Bonchev–Trinajstić information content (AvgIpc) is 3.32. The maximum atomic E-state index is 14.9. The van der Waals surface area contributed by atoms with Gasteiger partial charge >= 0.3 is 0 Å². The number of benzene rings is 1. The van der Waals surface area contributed by atoms with Gasteiger partial charge in [-0.1, -0.05) is 6.07 Å². The molecule has 0 radical (unpaired) electrons. The summed E-state index contributed by atoms with van der Waals surface area (Å²) in [5, 5.41) is 22.3. The van der Waals surface area contributed by atoms with Crippen LogP contribution in [0.4, 0.5) is 4.39 Å². The average molecular weight is 345 g/mol. The molecular weight excluding hydrogens is 321 g/mol. The van der Waals surface area contributed by atoms with Crippen molar-refractivity contribution in [2.24, 2.45) is 5.92 Å². The van der Waals surface area contributed by atoms with Crippen LogP contribution in [0, 0.1) is 5.92 Å². The normalized spacial score (nSPS) is 44.3. The molecule has 2 bridgehead atoms. The third-order valence-corrected chi connectivity index (χ3v) is 7.69. The van der Waals surface area contributed by atoms with Crippen molar-refractivity contribution >= 4 is 0 Å². The summed E-state index contributed by atoms with van der Waals surface area (Å²) in [4.78, 5) is 2.46. The van der Waals surface area contributed by atoms with Crippen LogP contribution < -0.4 is 4.74 Å². The molecule has 1 unspecified atom stereocenters. The van der Waals surface area contributed by atoms with Crippen LogP contribution in [-0.2, 0) is 11.8 Å². The molecule has 3 fully saturated rings. The molecule has 2 aliphatic heterocycles. The predicted octanol–water partition coefficient (Wildman–Crippen LogP) is 2.29. The monoisotopic (exact) mass is 345 g/mol. The number of piperidine rings is 1. The molecule has 2 heterocycles. The standard InChI is InChI=1S/C20H24FNO3/c21-13-5-6-20(24)15-9-12-3-4-14(23)17-16(12)19(20,18(13)25-17)7-8-22(15)10-11-1-2-11/h3-4,11,13,15,18,23-24H,1-2,5-10H2/t13-,15+,18-,19+,20?/m1/s1. The SMILES string of the molecule is Oc1ccc2c3c1O[C@@H]1[C@H](F)CCC4(O)[C@H](C2)N(CC2CC2)CC[C@]314. The molecule has 5 heteroatoms. The number of phenolic OH excluding ortho intramolecular Hbond substituents is 1. The van der Waals surface area contributed by atoms with E-state index >= 15 is 0 Å². The van der Waals surface area contributed by atoms with Gasteiger partial charge in [-0.05, 0) is 62.6 Å². The Hall–Kier alpha value is -1.33. The molecule has 1 aromatic carbocycles. The number of aromatic hydroxyl groups is 1. The van der Waals surface area contributed by atoms with Crippen molar-refractivity contribution in [1.82, 2.24) is 4.90 Å². The molecule has 0 aromatic heterocycles. The number of rotatable bonds is 2. The molecule has 6 rings (SSSR count).